The molecule has 0 unspecified atom stereocenters. The Labute approximate surface area is 184 Å². The van der Waals surface area contributed by atoms with Crippen molar-refractivity contribution >= 4 is 11.7 Å². The molecule has 32 heavy (non-hydrogen) atoms. The number of aliphatic carboxylic acids is 1. The van der Waals surface area contributed by atoms with E-state index in [2.05, 4.69) is 5.16 Å². The van der Waals surface area contributed by atoms with Crippen molar-refractivity contribution in [2.45, 2.75) is 51.8 Å². The van der Waals surface area contributed by atoms with Gasteiger partial charge in [-0.05, 0) is 61.2 Å². The third kappa shape index (κ3) is 6.48. The van der Waals surface area contributed by atoms with Crippen LogP contribution in [0, 0.1) is 12.8 Å². The van der Waals surface area contributed by atoms with Gasteiger partial charge in [0.25, 0.3) is 0 Å². The van der Waals surface area contributed by atoms with E-state index in [0.717, 1.165) is 54.7 Å². The first kappa shape index (κ1) is 23.6. The van der Waals surface area contributed by atoms with Crippen molar-refractivity contribution < 1.29 is 32.6 Å². The van der Waals surface area contributed by atoms with E-state index in [1.165, 1.54) is 18.6 Å². The van der Waals surface area contributed by atoms with Gasteiger partial charge in [-0.2, -0.15) is 13.2 Å². The molecule has 0 atom stereocenters. The first-order valence-corrected chi connectivity index (χ1v) is 10.6. The minimum atomic E-state index is -4.37. The second-order valence-corrected chi connectivity index (χ2v) is 7.94. The minimum absolute atomic E-state index is 0.0626. The number of hydrogen-bond acceptors (Lipinski definition) is 4. The zero-order valence-electron chi connectivity index (χ0n) is 17.8. The van der Waals surface area contributed by atoms with E-state index in [4.69, 9.17) is 14.7 Å². The maximum absolute atomic E-state index is 12.7. The average molecular weight is 449 g/mol. The summed E-state index contributed by atoms with van der Waals surface area (Å²) in [6.07, 6.45) is 0.974. The van der Waals surface area contributed by atoms with Gasteiger partial charge in [0.1, 0.15) is 12.4 Å². The molecule has 3 rings (SSSR count). The van der Waals surface area contributed by atoms with Crippen molar-refractivity contribution in [3.05, 3.63) is 64.7 Å². The van der Waals surface area contributed by atoms with Gasteiger partial charge in [0.15, 0.2) is 6.61 Å². The zero-order valence-corrected chi connectivity index (χ0v) is 17.8. The Bertz CT molecular complexity index is 949. The summed E-state index contributed by atoms with van der Waals surface area (Å²) in [5.41, 5.74) is 2.34. The summed E-state index contributed by atoms with van der Waals surface area (Å²) in [6, 6.07) is 10.3. The van der Waals surface area contributed by atoms with Crippen LogP contribution in [0.25, 0.3) is 0 Å². The van der Waals surface area contributed by atoms with Crippen LogP contribution < -0.4 is 4.74 Å². The molecule has 1 fully saturated rings. The van der Waals surface area contributed by atoms with Gasteiger partial charge in [-0.15, -0.1) is 0 Å². The minimum Gasteiger partial charge on any atom is -0.482 e. The Morgan fingerprint density at radius 3 is 2.38 bits per heavy atom. The molecule has 5 nitrogen and oxygen atoms in total. The normalized spacial score (nSPS) is 15.4. The van der Waals surface area contributed by atoms with Crippen molar-refractivity contribution in [2.24, 2.45) is 11.1 Å². The van der Waals surface area contributed by atoms with Gasteiger partial charge in [-0.3, -0.25) is 0 Å². The van der Waals surface area contributed by atoms with E-state index in [0.29, 0.717) is 11.3 Å². The van der Waals surface area contributed by atoms with Crippen LogP contribution in [0.2, 0.25) is 0 Å². The average Bonchev–Trinajstić information content (AvgIpc) is 2.76. The number of oxime groups is 1. The molecule has 0 aromatic heterocycles. The SMILES string of the molecule is Cc1cc(C(=NOCc2ccc(C(F)(F)F)cc2)C2CCCCC2)ccc1OCC(=O)O. The maximum Gasteiger partial charge on any atom is 0.416 e. The smallest absolute Gasteiger partial charge is 0.416 e. The van der Waals surface area contributed by atoms with E-state index in [9.17, 15) is 18.0 Å². The molecule has 0 spiro atoms. The van der Waals surface area contributed by atoms with Gasteiger partial charge < -0.3 is 14.7 Å². The quantitative estimate of drug-likeness (QED) is 0.398. The van der Waals surface area contributed by atoms with E-state index >= 15 is 0 Å². The lowest BCUT2D eigenvalue weighted by Gasteiger charge is -2.23. The number of carboxylic acid groups (broad SMARTS) is 1. The molecule has 0 saturated heterocycles. The molecule has 8 heteroatoms. The van der Waals surface area contributed by atoms with Crippen LogP contribution in [0.3, 0.4) is 0 Å². The van der Waals surface area contributed by atoms with Crippen molar-refractivity contribution in [1.29, 1.82) is 0 Å². The molecule has 1 aliphatic carbocycles. The highest BCUT2D eigenvalue weighted by atomic mass is 19.4. The molecular formula is C24H26F3NO4. The van der Waals surface area contributed by atoms with E-state index in [1.54, 1.807) is 6.07 Å². The molecule has 1 N–H and O–H groups in total. The van der Waals surface area contributed by atoms with Gasteiger partial charge >= 0.3 is 12.1 Å². The molecule has 172 valence electrons. The Morgan fingerprint density at radius 1 is 1.09 bits per heavy atom. The molecule has 2 aromatic rings. The van der Waals surface area contributed by atoms with Crippen LogP contribution >= 0.6 is 0 Å². The van der Waals surface area contributed by atoms with E-state index < -0.39 is 24.3 Å². The monoisotopic (exact) mass is 449 g/mol. The van der Waals surface area contributed by atoms with Crippen molar-refractivity contribution in [1.82, 2.24) is 0 Å². The lowest BCUT2D eigenvalue weighted by Crippen LogP contribution is -2.20. The number of carbonyl (C=O) groups is 1. The van der Waals surface area contributed by atoms with Gasteiger partial charge in [0, 0.05) is 11.5 Å². The summed E-state index contributed by atoms with van der Waals surface area (Å²) in [5.74, 6) is -0.332. The lowest BCUT2D eigenvalue weighted by atomic mass is 9.83. The number of aryl methyl sites for hydroxylation is 1. The number of ether oxygens (including phenoxy) is 1. The van der Waals surface area contributed by atoms with Gasteiger partial charge in [0.05, 0.1) is 11.3 Å². The molecule has 0 amide bonds. The second kappa shape index (κ2) is 10.5. The highest BCUT2D eigenvalue weighted by molar-refractivity contribution is 6.02. The van der Waals surface area contributed by atoms with Crippen LogP contribution in [0.4, 0.5) is 13.2 Å². The number of rotatable bonds is 8. The molecule has 1 aliphatic rings. The fraction of sp³-hybridized carbons (Fsp3) is 0.417. The summed E-state index contributed by atoms with van der Waals surface area (Å²) in [4.78, 5) is 16.3. The Kier molecular flexibility index (Phi) is 7.77. The molecule has 0 aliphatic heterocycles. The fourth-order valence-electron chi connectivity index (χ4n) is 3.82. The third-order valence-electron chi connectivity index (χ3n) is 5.49. The number of benzene rings is 2. The van der Waals surface area contributed by atoms with E-state index in [-0.39, 0.29) is 12.5 Å². The second-order valence-electron chi connectivity index (χ2n) is 7.94. The lowest BCUT2D eigenvalue weighted by molar-refractivity contribution is -0.139. The Balaban J connectivity index is 1.76. The topological polar surface area (TPSA) is 68.1 Å². The fourth-order valence-corrected chi connectivity index (χ4v) is 3.82. The summed E-state index contributed by atoms with van der Waals surface area (Å²) >= 11 is 0. The van der Waals surface area contributed by atoms with Crippen molar-refractivity contribution in [3.8, 4) is 5.75 Å². The summed E-state index contributed by atoms with van der Waals surface area (Å²) < 4.78 is 43.5. The number of halogens is 3. The van der Waals surface area contributed by atoms with E-state index in [1.807, 2.05) is 19.1 Å². The van der Waals surface area contributed by atoms with Crippen molar-refractivity contribution in [3.63, 3.8) is 0 Å². The van der Waals surface area contributed by atoms with Crippen LogP contribution in [0.15, 0.2) is 47.6 Å². The Hall–Kier alpha value is -3.03. The van der Waals surface area contributed by atoms with Crippen LogP contribution in [0.1, 0.15) is 54.4 Å². The highest BCUT2D eigenvalue weighted by Crippen LogP contribution is 2.31. The number of hydrogen-bond donors (Lipinski definition) is 1. The number of alkyl halides is 3. The molecular weight excluding hydrogens is 423 g/mol. The molecule has 0 heterocycles. The predicted molar refractivity (Wildman–Crippen MR) is 114 cm³/mol. The number of nitrogens with zero attached hydrogens (tertiary/aromatic N) is 1. The molecule has 0 radical (unpaired) electrons. The molecule has 1 saturated carbocycles. The highest BCUT2D eigenvalue weighted by Gasteiger charge is 2.30. The summed E-state index contributed by atoms with van der Waals surface area (Å²) in [7, 11) is 0. The molecule has 0 bridgehead atoms. The number of carboxylic acids is 1. The largest absolute Gasteiger partial charge is 0.482 e. The van der Waals surface area contributed by atoms with Crippen LogP contribution in [0.5, 0.6) is 5.75 Å². The molecule has 2 aromatic carbocycles. The first-order valence-electron chi connectivity index (χ1n) is 10.6. The summed E-state index contributed by atoms with van der Waals surface area (Å²) in [5, 5.41) is 13.2. The predicted octanol–water partition coefficient (Wildman–Crippen LogP) is 5.98. The van der Waals surface area contributed by atoms with Crippen molar-refractivity contribution in [2.75, 3.05) is 6.61 Å². The van der Waals surface area contributed by atoms with Gasteiger partial charge in [-0.25, -0.2) is 4.79 Å². The Morgan fingerprint density at radius 2 is 1.78 bits per heavy atom. The first-order chi connectivity index (χ1) is 15.2. The van der Waals surface area contributed by atoms with Crippen LogP contribution in [-0.2, 0) is 22.4 Å². The van der Waals surface area contributed by atoms with Gasteiger partial charge in [-0.1, -0.05) is 36.6 Å². The standard InChI is InChI=1S/C24H26F3NO4/c1-16-13-19(9-12-21(16)31-15-22(29)30)23(18-5-3-2-4-6-18)28-32-14-17-7-10-20(11-8-17)24(25,26)27/h7-13,18H,2-6,14-15H2,1H3,(H,29,30). The summed E-state index contributed by atoms with van der Waals surface area (Å²) in [6.45, 7) is 1.48. The van der Waals surface area contributed by atoms with Gasteiger partial charge in [0.2, 0.25) is 0 Å². The maximum atomic E-state index is 12.7. The zero-order chi connectivity index (χ0) is 23.1. The van der Waals surface area contributed by atoms with Crippen LogP contribution in [-0.4, -0.2) is 23.4 Å². The third-order valence-corrected chi connectivity index (χ3v) is 5.49.